The zero-order chi connectivity index (χ0) is 30.7. The number of ether oxygens (including phenoxy) is 2. The summed E-state index contributed by atoms with van der Waals surface area (Å²) in [7, 11) is 1.40. The molecule has 1 unspecified atom stereocenters. The van der Waals surface area contributed by atoms with Gasteiger partial charge in [0, 0.05) is 23.6 Å². The summed E-state index contributed by atoms with van der Waals surface area (Å²) in [5.74, 6) is -0.826. The fraction of sp³-hybridized carbons (Fsp3) is 0.444. The normalized spacial score (nSPS) is 13.2. The van der Waals surface area contributed by atoms with Crippen molar-refractivity contribution in [1.29, 1.82) is 0 Å². The fourth-order valence-corrected chi connectivity index (χ4v) is 5.79. The SMILES string of the molecule is COc1ccc(F)cc1[C@H](Cn1c(=O)n(C(C)C(=O)NC(C)C)c(=O)c2c(C)c(-n3nccn3)sc21)OCCC(O)O. The van der Waals surface area contributed by atoms with Gasteiger partial charge in [0.1, 0.15) is 33.5 Å². The number of aliphatic hydroxyl groups excluding tert-OH is 1. The molecule has 0 aliphatic rings. The summed E-state index contributed by atoms with van der Waals surface area (Å²) in [6, 6.07) is 2.43. The maximum Gasteiger partial charge on any atom is 0.332 e. The number of rotatable bonds is 12. The molecular formula is C27H33FN6O7S. The van der Waals surface area contributed by atoms with Crippen molar-refractivity contribution < 1.29 is 28.9 Å². The van der Waals surface area contributed by atoms with Crippen molar-refractivity contribution in [1.82, 2.24) is 29.4 Å². The summed E-state index contributed by atoms with van der Waals surface area (Å²) in [4.78, 5) is 42.5. The number of hydrogen-bond acceptors (Lipinski definition) is 10. The standard InChI is InChI=1S/C27H33FN6O7S/c1-14(2)31-23(37)16(4)33-24(38)22-15(3)25(34-29-9-10-30-34)42-26(22)32(27(33)39)13-20(41-11-8-21(35)36)18-12-17(28)6-7-19(18)40-5/h6-7,9-10,12,14,16,20-21,35-36H,8,11,13H2,1-5H3,(H,31,37)/t16?,20-/m0/s1. The number of carbonyl (C=O) groups excluding carboxylic acids is 1. The molecule has 0 saturated heterocycles. The molecule has 15 heteroatoms. The lowest BCUT2D eigenvalue weighted by Crippen LogP contribution is -2.47. The van der Waals surface area contributed by atoms with Gasteiger partial charge in [-0.2, -0.15) is 10.2 Å². The lowest BCUT2D eigenvalue weighted by molar-refractivity contribution is -0.124. The van der Waals surface area contributed by atoms with E-state index in [1.165, 1.54) is 54.0 Å². The van der Waals surface area contributed by atoms with Crippen molar-refractivity contribution in [2.45, 2.75) is 65.1 Å². The number of fused-ring (bicyclic) bond motifs is 1. The van der Waals surface area contributed by atoms with Crippen molar-refractivity contribution in [3.63, 3.8) is 0 Å². The van der Waals surface area contributed by atoms with Crippen LogP contribution in [-0.4, -0.2) is 66.3 Å². The predicted molar refractivity (Wildman–Crippen MR) is 152 cm³/mol. The molecule has 0 spiro atoms. The second-order valence-corrected chi connectivity index (χ2v) is 10.9. The van der Waals surface area contributed by atoms with E-state index < -0.39 is 41.4 Å². The topological polar surface area (TPSA) is 163 Å². The Morgan fingerprint density at radius 1 is 1.17 bits per heavy atom. The van der Waals surface area contributed by atoms with Crippen molar-refractivity contribution in [3.05, 3.63) is 68.4 Å². The Morgan fingerprint density at radius 3 is 2.48 bits per heavy atom. The first-order chi connectivity index (χ1) is 19.9. The third kappa shape index (κ3) is 6.28. The minimum Gasteiger partial charge on any atom is -0.496 e. The first-order valence-corrected chi connectivity index (χ1v) is 14.0. The third-order valence-electron chi connectivity index (χ3n) is 6.60. The van der Waals surface area contributed by atoms with Gasteiger partial charge in [-0.3, -0.25) is 14.2 Å². The van der Waals surface area contributed by atoms with Gasteiger partial charge in [-0.15, -0.1) is 4.80 Å². The molecule has 0 radical (unpaired) electrons. The molecule has 3 aromatic heterocycles. The maximum absolute atomic E-state index is 14.4. The van der Waals surface area contributed by atoms with Crippen LogP contribution in [-0.2, 0) is 16.1 Å². The quantitative estimate of drug-likeness (QED) is 0.205. The molecular weight excluding hydrogens is 571 g/mol. The molecule has 0 bridgehead atoms. The molecule has 42 heavy (non-hydrogen) atoms. The van der Waals surface area contributed by atoms with Crippen molar-refractivity contribution in [2.75, 3.05) is 13.7 Å². The van der Waals surface area contributed by atoms with Gasteiger partial charge in [0.05, 0.1) is 38.0 Å². The van der Waals surface area contributed by atoms with Crippen LogP contribution in [0.15, 0.2) is 40.2 Å². The number of hydrogen-bond donors (Lipinski definition) is 3. The van der Waals surface area contributed by atoms with Crippen LogP contribution in [0.3, 0.4) is 0 Å². The molecule has 2 atom stereocenters. The smallest absolute Gasteiger partial charge is 0.332 e. The minimum absolute atomic E-state index is 0.154. The maximum atomic E-state index is 14.4. The highest BCUT2D eigenvalue weighted by Crippen LogP contribution is 2.34. The van der Waals surface area contributed by atoms with E-state index in [1.807, 2.05) is 0 Å². The minimum atomic E-state index is -1.65. The number of thiophene rings is 1. The molecule has 1 amide bonds. The molecule has 4 aromatic rings. The van der Waals surface area contributed by atoms with Crippen LogP contribution in [0, 0.1) is 12.7 Å². The van der Waals surface area contributed by atoms with E-state index in [0.29, 0.717) is 10.6 Å². The van der Waals surface area contributed by atoms with Crippen molar-refractivity contribution in [3.8, 4) is 10.8 Å². The average Bonchev–Trinajstić information content (AvgIpc) is 3.57. The van der Waals surface area contributed by atoms with E-state index in [2.05, 4.69) is 15.5 Å². The second kappa shape index (κ2) is 12.9. The van der Waals surface area contributed by atoms with Gasteiger partial charge in [-0.05, 0) is 45.9 Å². The number of aromatic nitrogens is 5. The first kappa shape index (κ1) is 31.0. The monoisotopic (exact) mass is 604 g/mol. The van der Waals surface area contributed by atoms with Gasteiger partial charge in [-0.1, -0.05) is 11.3 Å². The Hall–Kier alpha value is -3.92. The number of aryl methyl sites for hydroxylation is 1. The molecule has 1 aromatic carbocycles. The molecule has 3 N–H and O–H groups in total. The van der Waals surface area contributed by atoms with Crippen LogP contribution in [0.2, 0.25) is 0 Å². The Labute approximate surface area is 243 Å². The number of aliphatic hydroxyl groups is 2. The Morgan fingerprint density at radius 2 is 1.86 bits per heavy atom. The second-order valence-electron chi connectivity index (χ2n) is 9.95. The lowest BCUT2D eigenvalue weighted by atomic mass is 10.1. The van der Waals surface area contributed by atoms with E-state index in [9.17, 15) is 29.0 Å². The van der Waals surface area contributed by atoms with Gasteiger partial charge in [0.25, 0.3) is 5.56 Å². The number of nitrogens with one attached hydrogen (secondary N) is 1. The van der Waals surface area contributed by atoms with E-state index in [1.54, 1.807) is 20.8 Å². The molecule has 0 fully saturated rings. The Kier molecular flexibility index (Phi) is 9.56. The molecule has 226 valence electrons. The molecule has 0 saturated carbocycles. The first-order valence-electron chi connectivity index (χ1n) is 13.2. The molecule has 3 heterocycles. The summed E-state index contributed by atoms with van der Waals surface area (Å²) in [5.41, 5.74) is -0.685. The van der Waals surface area contributed by atoms with Gasteiger partial charge < -0.3 is 25.0 Å². The fourth-order valence-electron chi connectivity index (χ4n) is 4.57. The van der Waals surface area contributed by atoms with Gasteiger partial charge in [-0.25, -0.2) is 13.8 Å². The van der Waals surface area contributed by atoms with Crippen LogP contribution in [0.5, 0.6) is 5.75 Å². The van der Waals surface area contributed by atoms with Crippen LogP contribution < -0.4 is 21.3 Å². The molecule has 13 nitrogen and oxygen atoms in total. The van der Waals surface area contributed by atoms with E-state index in [0.717, 1.165) is 15.9 Å². The highest BCUT2D eigenvalue weighted by molar-refractivity contribution is 7.21. The lowest BCUT2D eigenvalue weighted by Gasteiger charge is -2.24. The number of halogens is 1. The largest absolute Gasteiger partial charge is 0.496 e. The van der Waals surface area contributed by atoms with E-state index >= 15 is 0 Å². The number of methoxy groups -OCH3 is 1. The van der Waals surface area contributed by atoms with Gasteiger partial charge in [0.2, 0.25) is 5.91 Å². The van der Waals surface area contributed by atoms with Crippen LogP contribution in [0.1, 0.15) is 50.5 Å². The van der Waals surface area contributed by atoms with Crippen LogP contribution in [0.25, 0.3) is 15.2 Å². The Balaban J connectivity index is 1.97. The van der Waals surface area contributed by atoms with Crippen molar-refractivity contribution in [2.24, 2.45) is 0 Å². The number of amides is 1. The zero-order valence-electron chi connectivity index (χ0n) is 23.8. The van der Waals surface area contributed by atoms with Crippen LogP contribution in [0.4, 0.5) is 4.39 Å². The molecule has 0 aliphatic heterocycles. The number of carbonyl (C=O) groups is 1. The third-order valence-corrected chi connectivity index (χ3v) is 7.88. The van der Waals surface area contributed by atoms with Gasteiger partial charge in [0.15, 0.2) is 6.29 Å². The summed E-state index contributed by atoms with van der Waals surface area (Å²) in [6.45, 7) is 6.29. The summed E-state index contributed by atoms with van der Waals surface area (Å²) >= 11 is 1.10. The summed E-state index contributed by atoms with van der Waals surface area (Å²) in [5, 5.41) is 30.5. The average molecular weight is 605 g/mol. The Bertz CT molecular complexity index is 1680. The number of benzene rings is 1. The molecule has 4 rings (SSSR count). The zero-order valence-corrected chi connectivity index (χ0v) is 24.6. The van der Waals surface area contributed by atoms with E-state index in [4.69, 9.17) is 9.47 Å². The van der Waals surface area contributed by atoms with Crippen LogP contribution >= 0.6 is 11.3 Å². The summed E-state index contributed by atoms with van der Waals surface area (Å²) < 4.78 is 28.0. The highest BCUT2D eigenvalue weighted by atomic mass is 32.1. The highest BCUT2D eigenvalue weighted by Gasteiger charge is 2.29. The number of nitrogens with zero attached hydrogens (tertiary/aromatic N) is 5. The molecule has 0 aliphatic carbocycles. The van der Waals surface area contributed by atoms with E-state index in [-0.39, 0.29) is 47.1 Å². The van der Waals surface area contributed by atoms with Gasteiger partial charge >= 0.3 is 5.69 Å². The van der Waals surface area contributed by atoms with Crippen molar-refractivity contribution >= 4 is 27.5 Å². The predicted octanol–water partition coefficient (Wildman–Crippen LogP) is 1.81. The summed E-state index contributed by atoms with van der Waals surface area (Å²) in [6.07, 6.45) is 0.111.